The molecular weight excluding hydrogens is 356 g/mol. The number of rotatable bonds is 4. The largest absolute Gasteiger partial charge is 0.412 e. The van der Waals surface area contributed by atoms with Crippen LogP contribution in [-0.4, -0.2) is 33.1 Å². The first-order valence-corrected chi connectivity index (χ1v) is 8.63. The van der Waals surface area contributed by atoms with E-state index in [2.05, 4.69) is 25.0 Å². The molecule has 0 saturated heterocycles. The normalized spacial score (nSPS) is 13.5. The van der Waals surface area contributed by atoms with Gasteiger partial charge >= 0.3 is 12.1 Å². The van der Waals surface area contributed by atoms with Crippen molar-refractivity contribution in [2.24, 2.45) is 5.73 Å². The second kappa shape index (κ2) is 6.23. The first kappa shape index (κ1) is 16.2. The number of ether oxygens (including phenoxy) is 1. The minimum Gasteiger partial charge on any atom is -0.397 e. The molecule has 3 heterocycles. The zero-order valence-electron chi connectivity index (χ0n) is 13.4. The summed E-state index contributed by atoms with van der Waals surface area (Å²) in [7, 11) is 0. The summed E-state index contributed by atoms with van der Waals surface area (Å²) in [5, 5.41) is 3.77. The van der Waals surface area contributed by atoms with Gasteiger partial charge in [-0.2, -0.15) is 0 Å². The van der Waals surface area contributed by atoms with Crippen LogP contribution in [-0.2, 0) is 4.74 Å². The summed E-state index contributed by atoms with van der Waals surface area (Å²) in [5.74, 6) is -0.446. The maximum absolute atomic E-state index is 12.1. The van der Waals surface area contributed by atoms with Crippen molar-refractivity contribution in [3.05, 3.63) is 29.4 Å². The van der Waals surface area contributed by atoms with Crippen molar-refractivity contribution in [2.45, 2.75) is 18.9 Å². The number of primary amides is 1. The van der Waals surface area contributed by atoms with Crippen LogP contribution in [0.4, 0.5) is 16.4 Å². The molecule has 1 saturated carbocycles. The predicted molar refractivity (Wildman–Crippen MR) is 96.7 cm³/mol. The molecule has 1 aliphatic rings. The Morgan fingerprint density at radius 1 is 1.23 bits per heavy atom. The van der Waals surface area contributed by atoms with Crippen molar-refractivity contribution >= 4 is 45.3 Å². The molecule has 9 nitrogen and oxygen atoms in total. The number of nitrogens with one attached hydrogen (secondary N) is 1. The van der Waals surface area contributed by atoms with E-state index in [4.69, 9.17) is 11.5 Å². The molecule has 3 aromatic rings. The summed E-state index contributed by atoms with van der Waals surface area (Å²) >= 11 is 1.03. The van der Waals surface area contributed by atoms with E-state index >= 15 is 0 Å². The molecule has 3 aromatic heterocycles. The summed E-state index contributed by atoms with van der Waals surface area (Å²) in [4.78, 5) is 36.6. The lowest BCUT2D eigenvalue weighted by Crippen LogP contribution is -2.18. The average molecular weight is 370 g/mol. The Kier molecular flexibility index (Phi) is 3.88. The van der Waals surface area contributed by atoms with Crippen LogP contribution in [0.1, 0.15) is 22.5 Å². The van der Waals surface area contributed by atoms with Crippen LogP contribution in [0, 0.1) is 0 Å². The fourth-order valence-corrected chi connectivity index (χ4v) is 3.48. The van der Waals surface area contributed by atoms with E-state index in [9.17, 15) is 9.59 Å². The van der Waals surface area contributed by atoms with Gasteiger partial charge < -0.3 is 21.5 Å². The third-order valence-corrected chi connectivity index (χ3v) is 4.91. The van der Waals surface area contributed by atoms with E-state index in [1.807, 2.05) is 0 Å². The van der Waals surface area contributed by atoms with E-state index in [1.54, 1.807) is 24.5 Å². The molecule has 26 heavy (non-hydrogen) atoms. The van der Waals surface area contributed by atoms with Gasteiger partial charge in [-0.05, 0) is 25.0 Å². The van der Waals surface area contributed by atoms with Crippen LogP contribution in [0.25, 0.3) is 21.5 Å². The number of aromatic nitrogens is 3. The lowest BCUT2D eigenvalue weighted by Gasteiger charge is -2.08. The Labute approximate surface area is 151 Å². The summed E-state index contributed by atoms with van der Waals surface area (Å²) in [6.45, 7) is 0. The average Bonchev–Trinajstić information content (AvgIpc) is 3.36. The molecule has 1 fully saturated rings. The highest BCUT2D eigenvalue weighted by atomic mass is 32.1. The maximum Gasteiger partial charge on any atom is 0.412 e. The van der Waals surface area contributed by atoms with Gasteiger partial charge in [0, 0.05) is 24.0 Å². The van der Waals surface area contributed by atoms with Crippen LogP contribution < -0.4 is 16.8 Å². The maximum atomic E-state index is 12.1. The molecule has 0 bridgehead atoms. The standard InChI is InChI=1S/C16H14N6O3S/c17-10-9-11(7-3-5-19-6-4-7)21-16(20-8-1-2-8)22-13(9)26-12(10)14(23)25-15(18)24/h3-6,8H,1-2,17H2,(H2,18,24)(H,20,21,22). The summed E-state index contributed by atoms with van der Waals surface area (Å²) in [6, 6.07) is 3.94. The van der Waals surface area contributed by atoms with E-state index in [1.165, 1.54) is 0 Å². The van der Waals surface area contributed by atoms with Gasteiger partial charge in [0.15, 0.2) is 0 Å². The number of amides is 1. The molecule has 0 aliphatic heterocycles. The lowest BCUT2D eigenvalue weighted by molar-refractivity contribution is 0.0644. The molecule has 0 aromatic carbocycles. The van der Waals surface area contributed by atoms with Gasteiger partial charge in [-0.25, -0.2) is 19.6 Å². The highest BCUT2D eigenvalue weighted by Gasteiger charge is 2.26. The van der Waals surface area contributed by atoms with Gasteiger partial charge in [-0.15, -0.1) is 11.3 Å². The first-order valence-electron chi connectivity index (χ1n) is 7.81. The van der Waals surface area contributed by atoms with Crippen LogP contribution in [0.3, 0.4) is 0 Å². The van der Waals surface area contributed by atoms with Gasteiger partial charge in [0.1, 0.15) is 9.71 Å². The van der Waals surface area contributed by atoms with Crippen molar-refractivity contribution in [3.63, 3.8) is 0 Å². The topological polar surface area (TPSA) is 146 Å². The Bertz CT molecular complexity index is 1020. The number of pyridine rings is 1. The van der Waals surface area contributed by atoms with Crippen molar-refractivity contribution in [1.82, 2.24) is 15.0 Å². The number of carbonyl (C=O) groups excluding carboxylic acids is 2. The fourth-order valence-electron chi connectivity index (χ4n) is 2.50. The second-order valence-electron chi connectivity index (χ2n) is 5.78. The molecular formula is C16H14N6O3S. The molecule has 5 N–H and O–H groups in total. The lowest BCUT2D eigenvalue weighted by atomic mass is 10.1. The molecule has 4 rings (SSSR count). The number of esters is 1. The van der Waals surface area contributed by atoms with E-state index in [-0.39, 0.29) is 10.6 Å². The molecule has 0 spiro atoms. The molecule has 132 valence electrons. The van der Waals surface area contributed by atoms with Crippen LogP contribution >= 0.6 is 11.3 Å². The smallest absolute Gasteiger partial charge is 0.397 e. The molecule has 10 heteroatoms. The quantitative estimate of drug-likeness (QED) is 0.467. The summed E-state index contributed by atoms with van der Waals surface area (Å²) in [6.07, 6.45) is 4.22. The monoisotopic (exact) mass is 370 g/mol. The van der Waals surface area contributed by atoms with Gasteiger partial charge in [0.05, 0.1) is 16.8 Å². The minimum absolute atomic E-state index is 0.0620. The number of anilines is 2. The van der Waals surface area contributed by atoms with Crippen LogP contribution in [0.15, 0.2) is 24.5 Å². The molecule has 0 atom stereocenters. The van der Waals surface area contributed by atoms with E-state index in [0.29, 0.717) is 27.9 Å². The van der Waals surface area contributed by atoms with E-state index in [0.717, 1.165) is 29.7 Å². The third kappa shape index (κ3) is 3.02. The highest BCUT2D eigenvalue weighted by molar-refractivity contribution is 7.21. The van der Waals surface area contributed by atoms with Crippen molar-refractivity contribution < 1.29 is 14.3 Å². The summed E-state index contributed by atoms with van der Waals surface area (Å²) < 4.78 is 4.45. The summed E-state index contributed by atoms with van der Waals surface area (Å²) in [5.41, 5.74) is 12.6. The minimum atomic E-state index is -1.19. The molecule has 1 amide bonds. The molecule has 1 aliphatic carbocycles. The first-order chi connectivity index (χ1) is 12.5. The van der Waals surface area contributed by atoms with Crippen molar-refractivity contribution in [1.29, 1.82) is 0 Å². The Morgan fingerprint density at radius 3 is 2.62 bits per heavy atom. The zero-order chi connectivity index (χ0) is 18.3. The van der Waals surface area contributed by atoms with Crippen LogP contribution in [0.5, 0.6) is 0 Å². The second-order valence-corrected chi connectivity index (χ2v) is 6.78. The van der Waals surface area contributed by atoms with Gasteiger partial charge in [-0.3, -0.25) is 4.98 Å². The predicted octanol–water partition coefficient (Wildman–Crippen LogP) is 2.15. The number of nitrogens with zero attached hydrogens (tertiary/aromatic N) is 3. The number of thiophene rings is 1. The number of carbonyl (C=O) groups is 2. The van der Waals surface area contributed by atoms with Gasteiger partial charge in [0.2, 0.25) is 5.95 Å². The SMILES string of the molecule is NC(=O)OC(=O)c1sc2nc(NC3CC3)nc(-c3ccncc3)c2c1N. The van der Waals surface area contributed by atoms with Crippen LogP contribution in [0.2, 0.25) is 0 Å². The Hall–Kier alpha value is -3.27. The Morgan fingerprint density at radius 2 is 1.96 bits per heavy atom. The zero-order valence-corrected chi connectivity index (χ0v) is 14.2. The number of hydrogen-bond acceptors (Lipinski definition) is 9. The van der Waals surface area contributed by atoms with Crippen molar-refractivity contribution in [3.8, 4) is 11.3 Å². The van der Waals surface area contributed by atoms with Gasteiger partial charge in [0.25, 0.3) is 0 Å². The molecule has 0 unspecified atom stereocenters. The molecule has 0 radical (unpaired) electrons. The van der Waals surface area contributed by atoms with Crippen molar-refractivity contribution in [2.75, 3.05) is 11.1 Å². The fraction of sp³-hybridized carbons (Fsp3) is 0.188. The number of nitrogens with two attached hydrogens (primary N) is 2. The van der Waals surface area contributed by atoms with Gasteiger partial charge in [-0.1, -0.05) is 0 Å². The third-order valence-electron chi connectivity index (χ3n) is 3.83. The number of fused-ring (bicyclic) bond motifs is 1. The number of nitrogen functional groups attached to an aromatic ring is 1. The number of hydrogen-bond donors (Lipinski definition) is 3. The Balaban J connectivity index is 1.89. The van der Waals surface area contributed by atoms with E-state index < -0.39 is 12.1 Å². The highest BCUT2D eigenvalue weighted by Crippen LogP contribution is 2.39.